The van der Waals surface area contributed by atoms with Crippen molar-refractivity contribution in [2.75, 3.05) is 0 Å². The van der Waals surface area contributed by atoms with E-state index in [1.165, 1.54) is 5.06 Å². The number of ether oxygens (including phenoxy) is 1. The van der Waals surface area contributed by atoms with Crippen molar-refractivity contribution in [1.82, 2.24) is 5.06 Å². The zero-order valence-corrected chi connectivity index (χ0v) is 13.9. The molecule has 0 radical (unpaired) electrons. The minimum atomic E-state index is -1.30. The van der Waals surface area contributed by atoms with E-state index in [1.807, 2.05) is 6.92 Å². The molecule has 0 amide bonds. The number of hydrogen-bond acceptors (Lipinski definition) is 5. The maximum Gasteiger partial charge on any atom is 0.350 e. The van der Waals surface area contributed by atoms with E-state index in [2.05, 4.69) is 0 Å². The van der Waals surface area contributed by atoms with Gasteiger partial charge in [0.05, 0.1) is 0 Å². The summed E-state index contributed by atoms with van der Waals surface area (Å²) in [4.78, 5) is 29.4. The summed E-state index contributed by atoms with van der Waals surface area (Å²) in [5.41, 5.74) is -0.689. The molecule has 23 heavy (non-hydrogen) atoms. The Morgan fingerprint density at radius 2 is 2.00 bits per heavy atom. The van der Waals surface area contributed by atoms with Crippen molar-refractivity contribution in [2.45, 2.75) is 36.9 Å². The lowest BCUT2D eigenvalue weighted by Crippen LogP contribution is -2.59. The van der Waals surface area contributed by atoms with Crippen molar-refractivity contribution in [2.24, 2.45) is 0 Å². The zero-order chi connectivity index (χ0) is 16.6. The third-order valence-corrected chi connectivity index (χ3v) is 4.51. The molecular formula is C16H15Cl2NO4. The monoisotopic (exact) mass is 355 g/mol. The maximum absolute atomic E-state index is 12.1. The van der Waals surface area contributed by atoms with Crippen molar-refractivity contribution in [3.8, 4) is 0 Å². The lowest BCUT2D eigenvalue weighted by Gasteiger charge is -2.48. The Bertz CT molecular complexity index is 678. The Hall–Kier alpha value is -1.56. The number of hydroxylamine groups is 2. The molecule has 1 aromatic rings. The number of nitrogens with zero attached hydrogens (tertiary/aromatic N) is 1. The number of carbonyl (C=O) groups is 2. The number of benzene rings is 1. The summed E-state index contributed by atoms with van der Waals surface area (Å²) in [6.45, 7) is 1.86. The summed E-state index contributed by atoms with van der Waals surface area (Å²) in [6.07, 6.45) is 2.97. The Labute approximate surface area is 143 Å². The molecule has 3 atom stereocenters. The second kappa shape index (κ2) is 6.15. The van der Waals surface area contributed by atoms with Gasteiger partial charge in [0, 0.05) is 40.6 Å². The van der Waals surface area contributed by atoms with Crippen LogP contribution in [0.15, 0.2) is 36.4 Å². The second-order valence-electron chi connectivity index (χ2n) is 5.67. The van der Waals surface area contributed by atoms with E-state index in [9.17, 15) is 9.59 Å². The summed E-state index contributed by atoms with van der Waals surface area (Å²) in [5, 5.41) is 1.66. The molecule has 1 aromatic carbocycles. The quantitative estimate of drug-likeness (QED) is 0.572. The molecule has 2 aliphatic rings. The average Bonchev–Trinajstić information content (AvgIpc) is 2.47. The van der Waals surface area contributed by atoms with Crippen LogP contribution >= 0.6 is 23.2 Å². The number of carbonyl (C=O) groups excluding carboxylic acids is 2. The van der Waals surface area contributed by atoms with Crippen LogP contribution in [0.4, 0.5) is 0 Å². The predicted octanol–water partition coefficient (Wildman–Crippen LogP) is 3.16. The molecule has 0 bridgehead atoms. The van der Waals surface area contributed by atoms with Crippen LogP contribution in [-0.2, 0) is 24.9 Å². The third-order valence-electron chi connectivity index (χ3n) is 3.94. The fourth-order valence-corrected chi connectivity index (χ4v) is 3.70. The van der Waals surface area contributed by atoms with Crippen LogP contribution in [0.25, 0.3) is 0 Å². The highest BCUT2D eigenvalue weighted by molar-refractivity contribution is 6.30. The fraction of sp³-hybridized carbons (Fsp3) is 0.375. The molecule has 1 fully saturated rings. The Morgan fingerprint density at radius 3 is 2.74 bits per heavy atom. The Morgan fingerprint density at radius 1 is 1.26 bits per heavy atom. The molecule has 0 N–H and O–H groups in total. The van der Waals surface area contributed by atoms with E-state index >= 15 is 0 Å². The van der Waals surface area contributed by atoms with E-state index in [0.717, 1.165) is 12.2 Å². The van der Waals surface area contributed by atoms with Gasteiger partial charge in [-0.15, -0.1) is 11.6 Å². The molecule has 1 saturated heterocycles. The minimum Gasteiger partial charge on any atom is -0.433 e. The van der Waals surface area contributed by atoms with Crippen molar-refractivity contribution < 1.29 is 19.2 Å². The summed E-state index contributed by atoms with van der Waals surface area (Å²) in [5.74, 6) is -1.27. The van der Waals surface area contributed by atoms with Gasteiger partial charge < -0.3 is 9.57 Å². The van der Waals surface area contributed by atoms with Crippen LogP contribution in [0.2, 0.25) is 5.02 Å². The van der Waals surface area contributed by atoms with Gasteiger partial charge in [-0.25, -0.2) is 9.59 Å². The van der Waals surface area contributed by atoms with Crippen LogP contribution < -0.4 is 0 Å². The number of alkyl halides is 1. The van der Waals surface area contributed by atoms with Gasteiger partial charge in [0.1, 0.15) is 0 Å². The fourth-order valence-electron chi connectivity index (χ4n) is 3.05. The van der Waals surface area contributed by atoms with Crippen molar-refractivity contribution in [3.05, 3.63) is 47.0 Å². The number of hydrogen-bond donors (Lipinski definition) is 0. The minimum absolute atomic E-state index is 0.228. The first-order valence-corrected chi connectivity index (χ1v) is 8.04. The molecule has 2 heterocycles. The van der Waals surface area contributed by atoms with E-state index in [4.69, 9.17) is 32.8 Å². The van der Waals surface area contributed by atoms with E-state index in [0.29, 0.717) is 17.0 Å². The van der Waals surface area contributed by atoms with Crippen molar-refractivity contribution in [3.63, 3.8) is 0 Å². The lowest BCUT2D eigenvalue weighted by atomic mass is 9.89. The number of halogens is 2. The number of rotatable bonds is 1. The molecule has 0 aromatic heterocycles. The van der Waals surface area contributed by atoms with Crippen LogP contribution in [0.5, 0.6) is 0 Å². The topological polar surface area (TPSA) is 55.8 Å². The first-order chi connectivity index (χ1) is 10.9. The highest BCUT2D eigenvalue weighted by atomic mass is 35.5. The van der Waals surface area contributed by atoms with Gasteiger partial charge in [-0.2, -0.15) is 0 Å². The predicted molar refractivity (Wildman–Crippen MR) is 84.6 cm³/mol. The van der Waals surface area contributed by atoms with Gasteiger partial charge in [0.25, 0.3) is 0 Å². The van der Waals surface area contributed by atoms with Gasteiger partial charge in [-0.05, 0) is 25.5 Å². The molecule has 3 rings (SSSR count). The molecule has 0 spiro atoms. The van der Waals surface area contributed by atoms with Crippen LogP contribution in [0.3, 0.4) is 0 Å². The number of fused-ring (bicyclic) bond motifs is 1. The molecule has 2 aliphatic heterocycles. The standard InChI is InChI=1S/C16H15Cl2NO4/c1-10-7-13(18)9-16(11-3-2-4-12(17)8-11)19(10)23-15(21)6-5-14(20)22-16/h2-6,8,10,13H,7,9H2,1H3/b6-5+. The zero-order valence-electron chi connectivity index (χ0n) is 12.4. The van der Waals surface area contributed by atoms with Crippen molar-refractivity contribution >= 4 is 35.1 Å². The van der Waals surface area contributed by atoms with Crippen LogP contribution in [0.1, 0.15) is 25.3 Å². The smallest absolute Gasteiger partial charge is 0.350 e. The first kappa shape index (κ1) is 16.3. The molecule has 0 saturated carbocycles. The third kappa shape index (κ3) is 3.09. The molecule has 3 unspecified atom stereocenters. The van der Waals surface area contributed by atoms with Crippen molar-refractivity contribution in [1.29, 1.82) is 0 Å². The summed E-state index contributed by atoms with van der Waals surface area (Å²) < 4.78 is 5.69. The van der Waals surface area contributed by atoms with Gasteiger partial charge in [0.15, 0.2) is 0 Å². The summed E-state index contributed by atoms with van der Waals surface area (Å²) in [7, 11) is 0. The normalized spacial score (nSPS) is 33.0. The van der Waals surface area contributed by atoms with Gasteiger partial charge in [-0.1, -0.05) is 28.8 Å². The van der Waals surface area contributed by atoms with Gasteiger partial charge >= 0.3 is 11.9 Å². The lowest BCUT2D eigenvalue weighted by molar-refractivity contribution is -0.316. The Kier molecular flexibility index (Phi) is 4.36. The molecular weight excluding hydrogens is 341 g/mol. The summed E-state index contributed by atoms with van der Waals surface area (Å²) >= 11 is 12.5. The summed E-state index contributed by atoms with van der Waals surface area (Å²) in [6, 6.07) is 6.69. The second-order valence-corrected chi connectivity index (χ2v) is 6.73. The largest absolute Gasteiger partial charge is 0.433 e. The van der Waals surface area contributed by atoms with Gasteiger partial charge in [-0.3, -0.25) is 0 Å². The molecule has 7 heteroatoms. The molecule has 5 nitrogen and oxygen atoms in total. The highest BCUT2D eigenvalue weighted by Gasteiger charge is 2.52. The highest BCUT2D eigenvalue weighted by Crippen LogP contribution is 2.44. The average molecular weight is 356 g/mol. The number of piperidine rings is 1. The van der Waals surface area contributed by atoms with E-state index in [-0.39, 0.29) is 17.8 Å². The molecule has 0 aliphatic carbocycles. The molecule has 122 valence electrons. The maximum atomic E-state index is 12.1. The Balaban J connectivity index is 2.16. The van der Waals surface area contributed by atoms with E-state index in [1.54, 1.807) is 24.3 Å². The first-order valence-electron chi connectivity index (χ1n) is 7.23. The van der Waals surface area contributed by atoms with Crippen LogP contribution in [0, 0.1) is 0 Å². The van der Waals surface area contributed by atoms with Gasteiger partial charge in [0.2, 0.25) is 5.72 Å². The number of esters is 1. The van der Waals surface area contributed by atoms with E-state index < -0.39 is 17.7 Å². The van der Waals surface area contributed by atoms with Crippen LogP contribution in [-0.4, -0.2) is 28.4 Å². The SMILES string of the molecule is CC1CC(Cl)CC2(c3cccc(Cl)c3)OC(=O)/C=C/C(=O)ON12.